The van der Waals surface area contributed by atoms with E-state index in [4.69, 9.17) is 10.2 Å². The molecule has 1 heterocycles. The van der Waals surface area contributed by atoms with Crippen molar-refractivity contribution in [2.45, 2.75) is 6.92 Å². The second-order valence-corrected chi connectivity index (χ2v) is 4.41. The van der Waals surface area contributed by atoms with Gasteiger partial charge < -0.3 is 10.2 Å². The fourth-order valence-corrected chi connectivity index (χ4v) is 2.12. The Bertz CT molecular complexity index is 736. The molecule has 5 heteroatoms. The summed E-state index contributed by atoms with van der Waals surface area (Å²) >= 11 is 0. The van der Waals surface area contributed by atoms with Crippen molar-refractivity contribution in [2.75, 3.05) is 17.2 Å². The minimum Gasteiger partial charge on any atom is -0.423 e. The second kappa shape index (κ2) is 4.85. The van der Waals surface area contributed by atoms with E-state index in [1.165, 1.54) is 12.1 Å². The third-order valence-electron chi connectivity index (χ3n) is 3.12. The van der Waals surface area contributed by atoms with Crippen LogP contribution >= 0.6 is 0 Å². The van der Waals surface area contributed by atoms with Crippen molar-refractivity contribution in [2.24, 2.45) is 0 Å². The van der Waals surface area contributed by atoms with Crippen LogP contribution in [0.5, 0.6) is 0 Å². The van der Waals surface area contributed by atoms with Crippen molar-refractivity contribution in [3.63, 3.8) is 0 Å². The van der Waals surface area contributed by atoms with Crippen molar-refractivity contribution in [3.8, 4) is 0 Å². The highest BCUT2D eigenvalue weighted by Gasteiger charge is 2.15. The Kier molecular flexibility index (Phi) is 3.02. The van der Waals surface area contributed by atoms with E-state index >= 15 is 0 Å². The molecule has 0 aliphatic heterocycles. The largest absolute Gasteiger partial charge is 0.423 e. The minimum absolute atomic E-state index is 0.272. The zero-order valence-corrected chi connectivity index (χ0v) is 11.0. The Morgan fingerprint density at radius 1 is 1.20 bits per heavy atom. The Balaban J connectivity index is 2.07. The van der Waals surface area contributed by atoms with Gasteiger partial charge in [0.1, 0.15) is 11.3 Å². The molecule has 20 heavy (non-hydrogen) atoms. The van der Waals surface area contributed by atoms with Crippen LogP contribution in [-0.2, 0) is 0 Å². The van der Waals surface area contributed by atoms with E-state index in [2.05, 4.69) is 4.98 Å². The molecular formula is C15H14FN3O. The smallest absolute Gasteiger partial charge is 0.303 e. The molecule has 0 aliphatic rings. The Morgan fingerprint density at radius 3 is 2.60 bits per heavy atom. The van der Waals surface area contributed by atoms with Gasteiger partial charge in [-0.3, -0.25) is 4.90 Å². The van der Waals surface area contributed by atoms with Crippen molar-refractivity contribution < 1.29 is 8.81 Å². The van der Waals surface area contributed by atoms with Gasteiger partial charge in [-0.25, -0.2) is 4.39 Å². The van der Waals surface area contributed by atoms with Crippen molar-refractivity contribution in [1.82, 2.24) is 4.98 Å². The van der Waals surface area contributed by atoms with E-state index in [9.17, 15) is 4.39 Å². The first kappa shape index (κ1) is 12.5. The third kappa shape index (κ3) is 2.07. The van der Waals surface area contributed by atoms with Gasteiger partial charge in [-0.15, -0.1) is 0 Å². The molecular weight excluding hydrogens is 257 g/mol. The lowest BCUT2D eigenvalue weighted by Crippen LogP contribution is -2.16. The number of hydrogen-bond donors (Lipinski definition) is 1. The highest BCUT2D eigenvalue weighted by molar-refractivity contribution is 5.86. The summed E-state index contributed by atoms with van der Waals surface area (Å²) in [5.74, 6) is -0.272. The average Bonchev–Trinajstić information content (AvgIpc) is 2.87. The molecule has 0 saturated heterocycles. The Morgan fingerprint density at radius 2 is 1.95 bits per heavy atom. The lowest BCUT2D eigenvalue weighted by molar-refractivity contribution is 0.594. The normalized spacial score (nSPS) is 10.9. The van der Waals surface area contributed by atoms with Gasteiger partial charge in [0.2, 0.25) is 0 Å². The molecule has 0 saturated carbocycles. The zero-order chi connectivity index (χ0) is 14.1. The first-order valence-corrected chi connectivity index (χ1v) is 6.37. The van der Waals surface area contributed by atoms with Gasteiger partial charge in [-0.1, -0.05) is 6.07 Å². The van der Waals surface area contributed by atoms with Gasteiger partial charge in [0, 0.05) is 12.2 Å². The summed E-state index contributed by atoms with van der Waals surface area (Å²) in [5, 5.41) is 0. The van der Waals surface area contributed by atoms with Gasteiger partial charge >= 0.3 is 6.01 Å². The SMILES string of the molecule is CCN(c1ccc(F)cc1)c1nc2c(N)cccc2o1. The van der Waals surface area contributed by atoms with Crippen LogP contribution < -0.4 is 10.6 Å². The van der Waals surface area contributed by atoms with E-state index in [-0.39, 0.29) is 5.82 Å². The lowest BCUT2D eigenvalue weighted by atomic mass is 10.3. The van der Waals surface area contributed by atoms with Crippen molar-refractivity contribution >= 4 is 28.5 Å². The molecule has 2 N–H and O–H groups in total. The molecule has 0 unspecified atom stereocenters. The predicted molar refractivity (Wildman–Crippen MR) is 77.5 cm³/mol. The van der Waals surface area contributed by atoms with Gasteiger partial charge in [-0.2, -0.15) is 4.98 Å². The van der Waals surface area contributed by atoms with Crippen molar-refractivity contribution in [1.29, 1.82) is 0 Å². The highest BCUT2D eigenvalue weighted by atomic mass is 19.1. The molecule has 0 amide bonds. The standard InChI is InChI=1S/C15H14FN3O/c1-2-19(11-8-6-10(16)7-9-11)15-18-14-12(17)4-3-5-13(14)20-15/h3-9H,2,17H2,1H3. The van der Waals surface area contributed by atoms with Crippen LogP contribution in [0.15, 0.2) is 46.9 Å². The average molecular weight is 271 g/mol. The topological polar surface area (TPSA) is 55.3 Å². The molecule has 0 fully saturated rings. The van der Waals surface area contributed by atoms with Crippen LogP contribution in [0.3, 0.4) is 0 Å². The first-order chi connectivity index (χ1) is 9.69. The molecule has 0 radical (unpaired) electrons. The number of fused-ring (bicyclic) bond motifs is 1. The molecule has 3 aromatic rings. The summed E-state index contributed by atoms with van der Waals surface area (Å²) < 4.78 is 18.7. The van der Waals surface area contributed by atoms with E-state index in [0.29, 0.717) is 29.3 Å². The molecule has 0 aliphatic carbocycles. The van der Waals surface area contributed by atoms with E-state index in [1.807, 2.05) is 24.0 Å². The summed E-state index contributed by atoms with van der Waals surface area (Å²) in [6.07, 6.45) is 0. The fourth-order valence-electron chi connectivity index (χ4n) is 2.12. The number of nitrogens with zero attached hydrogens (tertiary/aromatic N) is 2. The maximum absolute atomic E-state index is 13.0. The number of para-hydroxylation sites is 1. The molecule has 1 aromatic heterocycles. The lowest BCUT2D eigenvalue weighted by Gasteiger charge is -2.18. The number of benzene rings is 2. The molecule has 0 atom stereocenters. The summed E-state index contributed by atoms with van der Waals surface area (Å²) in [4.78, 5) is 6.28. The van der Waals surface area contributed by atoms with Crippen LogP contribution in [0.1, 0.15) is 6.92 Å². The highest BCUT2D eigenvalue weighted by Crippen LogP contribution is 2.30. The summed E-state index contributed by atoms with van der Waals surface area (Å²) in [7, 11) is 0. The quantitative estimate of drug-likeness (QED) is 0.738. The third-order valence-corrected chi connectivity index (χ3v) is 3.12. The minimum atomic E-state index is -0.272. The van der Waals surface area contributed by atoms with Crippen LogP contribution in [0.25, 0.3) is 11.1 Å². The molecule has 3 rings (SSSR count). The maximum Gasteiger partial charge on any atom is 0.303 e. The molecule has 0 bridgehead atoms. The summed E-state index contributed by atoms with van der Waals surface area (Å²) in [5.41, 5.74) is 8.56. The predicted octanol–water partition coefficient (Wildman–Crippen LogP) is 3.71. The Hall–Kier alpha value is -2.56. The Labute approximate surface area is 115 Å². The van der Waals surface area contributed by atoms with E-state index in [0.717, 1.165) is 5.69 Å². The number of nitrogens with two attached hydrogens (primary N) is 1. The monoisotopic (exact) mass is 271 g/mol. The van der Waals surface area contributed by atoms with E-state index < -0.39 is 0 Å². The molecule has 2 aromatic carbocycles. The van der Waals surface area contributed by atoms with Gasteiger partial charge in [0.05, 0.1) is 5.69 Å². The number of aromatic nitrogens is 1. The van der Waals surface area contributed by atoms with Gasteiger partial charge in [-0.05, 0) is 43.3 Å². The number of halogens is 1. The molecule has 102 valence electrons. The van der Waals surface area contributed by atoms with Crippen LogP contribution in [0.4, 0.5) is 21.8 Å². The zero-order valence-electron chi connectivity index (χ0n) is 11.0. The summed E-state index contributed by atoms with van der Waals surface area (Å²) in [6, 6.07) is 12.1. The van der Waals surface area contributed by atoms with E-state index in [1.54, 1.807) is 18.2 Å². The molecule has 0 spiro atoms. The van der Waals surface area contributed by atoms with Crippen LogP contribution in [-0.4, -0.2) is 11.5 Å². The first-order valence-electron chi connectivity index (χ1n) is 6.37. The number of nitrogen functional groups attached to an aromatic ring is 1. The second-order valence-electron chi connectivity index (χ2n) is 4.41. The van der Waals surface area contributed by atoms with Crippen molar-refractivity contribution in [3.05, 3.63) is 48.3 Å². The summed E-state index contributed by atoms with van der Waals surface area (Å²) in [6.45, 7) is 2.62. The molecule has 4 nitrogen and oxygen atoms in total. The van der Waals surface area contributed by atoms with Crippen LogP contribution in [0.2, 0.25) is 0 Å². The van der Waals surface area contributed by atoms with Crippen LogP contribution in [0, 0.1) is 5.82 Å². The maximum atomic E-state index is 13.0. The fraction of sp³-hybridized carbons (Fsp3) is 0.133. The number of oxazole rings is 1. The van der Waals surface area contributed by atoms with Gasteiger partial charge in [0.15, 0.2) is 5.58 Å². The van der Waals surface area contributed by atoms with Gasteiger partial charge in [0.25, 0.3) is 0 Å². The number of anilines is 3. The number of hydrogen-bond acceptors (Lipinski definition) is 4. The number of rotatable bonds is 3.